The van der Waals surface area contributed by atoms with Crippen LogP contribution in [-0.2, 0) is 0 Å². The number of hydrogen-bond donors (Lipinski definition) is 1. The summed E-state index contributed by atoms with van der Waals surface area (Å²) in [6.45, 7) is 8.18. The van der Waals surface area contributed by atoms with Gasteiger partial charge < -0.3 is 5.32 Å². The summed E-state index contributed by atoms with van der Waals surface area (Å²) >= 11 is 6.35. The van der Waals surface area contributed by atoms with Crippen LogP contribution in [0.15, 0.2) is 12.7 Å². The summed E-state index contributed by atoms with van der Waals surface area (Å²) in [5.41, 5.74) is 0.604. The number of fused-ring (bicyclic) bond motifs is 1. The highest BCUT2D eigenvalue weighted by Gasteiger charge is 2.20. The number of nitrogens with one attached hydrogen (secondary N) is 1. The van der Waals surface area contributed by atoms with E-state index in [1.165, 1.54) is 6.33 Å². The van der Waals surface area contributed by atoms with Gasteiger partial charge >= 0.3 is 0 Å². The van der Waals surface area contributed by atoms with Crippen molar-refractivity contribution in [3.8, 4) is 5.69 Å². The SMILES string of the molecule is Cc1ncn(-c2c(Cl)nc3ncnn3c2N[C@H](C)C(C)C)n1. The van der Waals surface area contributed by atoms with Gasteiger partial charge in [-0.25, -0.2) is 9.67 Å². The highest BCUT2D eigenvalue weighted by atomic mass is 35.5. The van der Waals surface area contributed by atoms with Gasteiger partial charge in [-0.1, -0.05) is 25.4 Å². The topological polar surface area (TPSA) is 85.8 Å². The van der Waals surface area contributed by atoms with Crippen molar-refractivity contribution < 1.29 is 0 Å². The van der Waals surface area contributed by atoms with Crippen LogP contribution in [0.2, 0.25) is 5.15 Å². The zero-order valence-corrected chi connectivity index (χ0v) is 13.6. The summed E-state index contributed by atoms with van der Waals surface area (Å²) in [5.74, 6) is 2.20. The summed E-state index contributed by atoms with van der Waals surface area (Å²) in [5, 5.41) is 12.3. The van der Waals surface area contributed by atoms with Crippen LogP contribution in [0.3, 0.4) is 0 Å². The smallest absolute Gasteiger partial charge is 0.255 e. The molecule has 0 spiro atoms. The van der Waals surface area contributed by atoms with E-state index in [1.54, 1.807) is 15.5 Å². The molecular formula is C13H17ClN8. The van der Waals surface area contributed by atoms with E-state index in [0.29, 0.717) is 34.2 Å². The fourth-order valence-electron chi connectivity index (χ4n) is 1.98. The van der Waals surface area contributed by atoms with Crippen LogP contribution in [0.25, 0.3) is 11.5 Å². The van der Waals surface area contributed by atoms with Crippen LogP contribution in [-0.4, -0.2) is 40.4 Å². The van der Waals surface area contributed by atoms with E-state index >= 15 is 0 Å². The number of halogens is 1. The number of rotatable bonds is 4. The maximum absolute atomic E-state index is 6.35. The van der Waals surface area contributed by atoms with Crippen molar-refractivity contribution in [2.24, 2.45) is 5.92 Å². The lowest BCUT2D eigenvalue weighted by Gasteiger charge is -2.21. The first kappa shape index (κ1) is 14.7. The van der Waals surface area contributed by atoms with Gasteiger partial charge in [-0.2, -0.15) is 24.7 Å². The Morgan fingerprint density at radius 2 is 2.00 bits per heavy atom. The van der Waals surface area contributed by atoms with Crippen LogP contribution < -0.4 is 5.32 Å². The average Bonchev–Trinajstić information content (AvgIpc) is 3.07. The van der Waals surface area contributed by atoms with Gasteiger partial charge in [0.25, 0.3) is 5.78 Å². The number of aromatic nitrogens is 7. The molecule has 3 aromatic rings. The van der Waals surface area contributed by atoms with Gasteiger partial charge in [0, 0.05) is 6.04 Å². The van der Waals surface area contributed by atoms with E-state index in [4.69, 9.17) is 11.6 Å². The minimum Gasteiger partial charge on any atom is -0.365 e. The maximum Gasteiger partial charge on any atom is 0.255 e. The van der Waals surface area contributed by atoms with Gasteiger partial charge in [-0.3, -0.25) is 0 Å². The molecule has 3 heterocycles. The second kappa shape index (κ2) is 5.53. The lowest BCUT2D eigenvalue weighted by molar-refractivity contribution is 0.555. The molecule has 0 saturated carbocycles. The Hall–Kier alpha value is -2.22. The van der Waals surface area contributed by atoms with E-state index in [9.17, 15) is 0 Å². The van der Waals surface area contributed by atoms with Gasteiger partial charge in [-0.05, 0) is 19.8 Å². The minimum atomic E-state index is 0.203. The Morgan fingerprint density at radius 1 is 1.23 bits per heavy atom. The second-order valence-corrected chi connectivity index (χ2v) is 5.84. The Labute approximate surface area is 132 Å². The molecule has 0 aliphatic heterocycles. The first-order chi connectivity index (χ1) is 10.5. The van der Waals surface area contributed by atoms with Gasteiger partial charge in [0.05, 0.1) is 0 Å². The number of hydrogen-bond acceptors (Lipinski definition) is 6. The molecule has 3 aromatic heterocycles. The van der Waals surface area contributed by atoms with Crippen molar-refractivity contribution in [1.29, 1.82) is 0 Å². The van der Waals surface area contributed by atoms with Crippen LogP contribution in [0.5, 0.6) is 0 Å². The molecule has 1 N–H and O–H groups in total. The molecular weight excluding hydrogens is 304 g/mol. The normalized spacial score (nSPS) is 13.0. The number of aryl methyl sites for hydroxylation is 1. The van der Waals surface area contributed by atoms with Crippen molar-refractivity contribution in [2.75, 3.05) is 5.32 Å². The molecule has 22 heavy (non-hydrogen) atoms. The Morgan fingerprint density at radius 3 is 2.64 bits per heavy atom. The van der Waals surface area contributed by atoms with Crippen LogP contribution in [0, 0.1) is 12.8 Å². The summed E-state index contributed by atoms with van der Waals surface area (Å²) in [4.78, 5) is 12.5. The van der Waals surface area contributed by atoms with Crippen LogP contribution in [0.4, 0.5) is 5.82 Å². The molecule has 0 fully saturated rings. The predicted molar refractivity (Wildman–Crippen MR) is 83.4 cm³/mol. The van der Waals surface area contributed by atoms with E-state index in [1.807, 2.05) is 6.92 Å². The molecule has 0 amide bonds. The largest absolute Gasteiger partial charge is 0.365 e. The number of anilines is 1. The van der Waals surface area contributed by atoms with Crippen molar-refractivity contribution >= 4 is 23.2 Å². The first-order valence-corrected chi connectivity index (χ1v) is 7.39. The van der Waals surface area contributed by atoms with E-state index < -0.39 is 0 Å². The van der Waals surface area contributed by atoms with Gasteiger partial charge in [0.1, 0.15) is 24.2 Å². The van der Waals surface area contributed by atoms with E-state index in [0.717, 1.165) is 0 Å². The maximum atomic E-state index is 6.35. The Bertz CT molecular complexity index is 806. The van der Waals surface area contributed by atoms with Crippen molar-refractivity contribution in [3.63, 3.8) is 0 Å². The second-order valence-electron chi connectivity index (χ2n) is 5.49. The third kappa shape index (κ3) is 2.50. The van der Waals surface area contributed by atoms with E-state index in [2.05, 4.69) is 51.2 Å². The molecule has 0 saturated heterocycles. The van der Waals surface area contributed by atoms with Gasteiger partial charge in [0.2, 0.25) is 0 Å². The molecule has 0 radical (unpaired) electrons. The lowest BCUT2D eigenvalue weighted by Crippen LogP contribution is -2.25. The average molecular weight is 321 g/mol. The monoisotopic (exact) mass is 320 g/mol. The van der Waals surface area contributed by atoms with Gasteiger partial charge in [-0.15, -0.1) is 0 Å². The van der Waals surface area contributed by atoms with Gasteiger partial charge in [0.15, 0.2) is 11.0 Å². The summed E-state index contributed by atoms with van der Waals surface area (Å²) in [6, 6.07) is 0.203. The Kier molecular flexibility index (Phi) is 3.69. The molecule has 9 heteroatoms. The molecule has 1 atom stereocenters. The third-order valence-corrected chi connectivity index (χ3v) is 3.82. The first-order valence-electron chi connectivity index (χ1n) is 7.01. The van der Waals surface area contributed by atoms with Crippen molar-refractivity contribution in [3.05, 3.63) is 23.6 Å². The van der Waals surface area contributed by atoms with Crippen molar-refractivity contribution in [2.45, 2.75) is 33.7 Å². The number of nitrogens with zero attached hydrogens (tertiary/aromatic N) is 7. The Balaban J connectivity index is 2.22. The predicted octanol–water partition coefficient (Wildman–Crippen LogP) is 2.12. The molecule has 0 aromatic carbocycles. The molecule has 8 nitrogen and oxygen atoms in total. The summed E-state index contributed by atoms with van der Waals surface area (Å²) < 4.78 is 3.22. The summed E-state index contributed by atoms with van der Waals surface area (Å²) in [6.07, 6.45) is 3.05. The fraction of sp³-hybridized carbons (Fsp3) is 0.462. The highest BCUT2D eigenvalue weighted by Crippen LogP contribution is 2.28. The lowest BCUT2D eigenvalue weighted by atomic mass is 10.1. The summed E-state index contributed by atoms with van der Waals surface area (Å²) in [7, 11) is 0. The molecule has 116 valence electrons. The third-order valence-electron chi connectivity index (χ3n) is 3.56. The van der Waals surface area contributed by atoms with Crippen LogP contribution >= 0.6 is 11.6 Å². The van der Waals surface area contributed by atoms with Crippen molar-refractivity contribution in [1.82, 2.24) is 34.3 Å². The molecule has 0 aliphatic carbocycles. The minimum absolute atomic E-state index is 0.203. The molecule has 0 bridgehead atoms. The van der Waals surface area contributed by atoms with E-state index in [-0.39, 0.29) is 6.04 Å². The standard InChI is InChI=1S/C13H17ClN8/c1-7(2)8(3)18-12-10(21-6-16-9(4)20-21)11(14)19-13-15-5-17-22(12)13/h5-8,18H,1-4H3/t8-/m1/s1. The molecule has 3 rings (SSSR count). The van der Waals surface area contributed by atoms with Crippen LogP contribution in [0.1, 0.15) is 26.6 Å². The highest BCUT2D eigenvalue weighted by molar-refractivity contribution is 6.31. The molecule has 0 aliphatic rings. The fourth-order valence-corrected chi connectivity index (χ4v) is 2.23. The zero-order chi connectivity index (χ0) is 15.9. The quantitative estimate of drug-likeness (QED) is 0.741. The molecule has 0 unspecified atom stereocenters. The zero-order valence-electron chi connectivity index (χ0n) is 12.8.